The van der Waals surface area contributed by atoms with Gasteiger partial charge in [0.1, 0.15) is 5.75 Å². The number of amides is 2. The normalized spacial score (nSPS) is 14.7. The minimum absolute atomic E-state index is 0.000761. The average Bonchev–Trinajstić information content (AvgIpc) is 3.13. The molecule has 1 saturated heterocycles. The molecule has 2 amide bonds. The number of rotatable bonds is 5. The third-order valence-corrected chi connectivity index (χ3v) is 4.18. The number of hydrogen-bond donors (Lipinski definition) is 2. The standard InChI is InChI=1S/C17H23N5O2/c23-16-5-3-15(4-6-16)20-11-13-21(14-12-20)17(24)18-7-1-9-22-10-2-8-19-22/h2-6,8,10,23H,1,7,9,11-14H2,(H,18,24). The number of carbonyl (C=O) groups excluding carboxylic acids is 1. The second kappa shape index (κ2) is 7.72. The molecule has 7 nitrogen and oxygen atoms in total. The molecule has 2 aromatic rings. The number of urea groups is 1. The third-order valence-electron chi connectivity index (χ3n) is 4.18. The lowest BCUT2D eigenvalue weighted by molar-refractivity contribution is 0.194. The summed E-state index contributed by atoms with van der Waals surface area (Å²) in [5.74, 6) is 0.270. The maximum atomic E-state index is 12.2. The number of aryl methyl sites for hydroxylation is 1. The Bertz CT molecular complexity index is 634. The summed E-state index contributed by atoms with van der Waals surface area (Å²) in [5, 5.41) is 16.5. The maximum Gasteiger partial charge on any atom is 0.317 e. The first-order valence-corrected chi connectivity index (χ1v) is 8.26. The Morgan fingerprint density at radius 2 is 1.92 bits per heavy atom. The lowest BCUT2D eigenvalue weighted by Gasteiger charge is -2.36. The van der Waals surface area contributed by atoms with Gasteiger partial charge in [-0.15, -0.1) is 0 Å². The molecule has 1 aliphatic rings. The molecule has 7 heteroatoms. The fourth-order valence-corrected chi connectivity index (χ4v) is 2.81. The molecule has 0 spiro atoms. The second-order valence-electron chi connectivity index (χ2n) is 5.85. The monoisotopic (exact) mass is 329 g/mol. The zero-order valence-corrected chi connectivity index (χ0v) is 13.6. The molecule has 2 heterocycles. The van der Waals surface area contributed by atoms with Crippen molar-refractivity contribution >= 4 is 11.7 Å². The van der Waals surface area contributed by atoms with Gasteiger partial charge in [0.15, 0.2) is 0 Å². The van der Waals surface area contributed by atoms with Crippen LogP contribution in [0.4, 0.5) is 10.5 Å². The minimum atomic E-state index is 0.000761. The number of anilines is 1. The van der Waals surface area contributed by atoms with E-state index in [4.69, 9.17) is 0 Å². The van der Waals surface area contributed by atoms with Crippen LogP contribution in [0.5, 0.6) is 5.75 Å². The second-order valence-corrected chi connectivity index (χ2v) is 5.85. The maximum absolute atomic E-state index is 12.2. The highest BCUT2D eigenvalue weighted by Gasteiger charge is 2.20. The first-order chi connectivity index (χ1) is 11.7. The van der Waals surface area contributed by atoms with Crippen molar-refractivity contribution < 1.29 is 9.90 Å². The highest BCUT2D eigenvalue weighted by atomic mass is 16.3. The smallest absolute Gasteiger partial charge is 0.317 e. The van der Waals surface area contributed by atoms with Crippen molar-refractivity contribution in [3.63, 3.8) is 0 Å². The molecule has 1 aliphatic heterocycles. The first-order valence-electron chi connectivity index (χ1n) is 8.26. The van der Waals surface area contributed by atoms with Crippen molar-refractivity contribution in [1.29, 1.82) is 0 Å². The number of aromatic hydroxyl groups is 1. The number of phenolic OH excluding ortho intramolecular Hbond substituents is 1. The van der Waals surface area contributed by atoms with E-state index < -0.39 is 0 Å². The van der Waals surface area contributed by atoms with Crippen LogP contribution in [0.3, 0.4) is 0 Å². The molecular formula is C17H23N5O2. The van der Waals surface area contributed by atoms with Gasteiger partial charge < -0.3 is 20.2 Å². The quantitative estimate of drug-likeness (QED) is 0.816. The van der Waals surface area contributed by atoms with Crippen LogP contribution in [0.25, 0.3) is 0 Å². The largest absolute Gasteiger partial charge is 0.508 e. The Labute approximate surface area is 141 Å². The molecule has 0 bridgehead atoms. The zero-order valence-electron chi connectivity index (χ0n) is 13.6. The van der Waals surface area contributed by atoms with Gasteiger partial charge in [0.25, 0.3) is 0 Å². The summed E-state index contributed by atoms with van der Waals surface area (Å²) >= 11 is 0. The Morgan fingerprint density at radius 3 is 2.58 bits per heavy atom. The molecule has 1 aromatic carbocycles. The van der Waals surface area contributed by atoms with Crippen LogP contribution < -0.4 is 10.2 Å². The van der Waals surface area contributed by atoms with E-state index in [-0.39, 0.29) is 11.8 Å². The van der Waals surface area contributed by atoms with Gasteiger partial charge in [-0.05, 0) is 36.8 Å². The number of hydrogen-bond acceptors (Lipinski definition) is 4. The Kier molecular flexibility index (Phi) is 5.20. The molecular weight excluding hydrogens is 306 g/mol. The Hall–Kier alpha value is -2.70. The van der Waals surface area contributed by atoms with Crippen LogP contribution in [-0.2, 0) is 6.54 Å². The SMILES string of the molecule is O=C(NCCCn1cccn1)N1CCN(c2ccc(O)cc2)CC1. The Morgan fingerprint density at radius 1 is 1.17 bits per heavy atom. The lowest BCUT2D eigenvalue weighted by atomic mass is 10.2. The first kappa shape index (κ1) is 16.2. The van der Waals surface area contributed by atoms with Crippen molar-refractivity contribution in [2.75, 3.05) is 37.6 Å². The molecule has 2 N–H and O–H groups in total. The number of piperazine rings is 1. The van der Waals surface area contributed by atoms with Crippen LogP contribution in [-0.4, -0.2) is 58.5 Å². The van der Waals surface area contributed by atoms with E-state index in [0.717, 1.165) is 31.7 Å². The van der Waals surface area contributed by atoms with E-state index in [1.807, 2.05) is 34.0 Å². The van der Waals surface area contributed by atoms with Gasteiger partial charge in [-0.1, -0.05) is 0 Å². The highest BCUT2D eigenvalue weighted by molar-refractivity contribution is 5.74. The van der Waals surface area contributed by atoms with Gasteiger partial charge >= 0.3 is 6.03 Å². The molecule has 0 saturated carbocycles. The van der Waals surface area contributed by atoms with Gasteiger partial charge in [0.05, 0.1) is 0 Å². The lowest BCUT2D eigenvalue weighted by Crippen LogP contribution is -2.52. The number of phenols is 1. The molecule has 1 fully saturated rings. The van der Waals surface area contributed by atoms with Gasteiger partial charge in [-0.2, -0.15) is 5.10 Å². The summed E-state index contributed by atoms with van der Waals surface area (Å²) in [6.07, 6.45) is 4.54. The number of benzene rings is 1. The van der Waals surface area contributed by atoms with Crippen LogP contribution >= 0.6 is 0 Å². The highest BCUT2D eigenvalue weighted by Crippen LogP contribution is 2.19. The predicted molar refractivity (Wildman–Crippen MR) is 92.1 cm³/mol. The molecule has 128 valence electrons. The number of nitrogens with zero attached hydrogens (tertiary/aromatic N) is 4. The number of aromatic nitrogens is 2. The van der Waals surface area contributed by atoms with Gasteiger partial charge in [0, 0.05) is 57.3 Å². The summed E-state index contributed by atoms with van der Waals surface area (Å²) < 4.78 is 1.86. The van der Waals surface area contributed by atoms with E-state index in [1.165, 1.54) is 0 Å². The van der Waals surface area contributed by atoms with E-state index in [1.54, 1.807) is 18.3 Å². The van der Waals surface area contributed by atoms with Crippen molar-refractivity contribution in [3.8, 4) is 5.75 Å². The summed E-state index contributed by atoms with van der Waals surface area (Å²) in [7, 11) is 0. The molecule has 24 heavy (non-hydrogen) atoms. The topological polar surface area (TPSA) is 73.6 Å². The summed E-state index contributed by atoms with van der Waals surface area (Å²) in [6.45, 7) is 4.45. The fourth-order valence-electron chi connectivity index (χ4n) is 2.81. The number of carbonyl (C=O) groups is 1. The Balaban J connectivity index is 1.37. The molecule has 0 unspecified atom stereocenters. The van der Waals surface area contributed by atoms with E-state index in [0.29, 0.717) is 19.6 Å². The summed E-state index contributed by atoms with van der Waals surface area (Å²) in [4.78, 5) is 16.3. The van der Waals surface area contributed by atoms with E-state index in [2.05, 4.69) is 15.3 Å². The van der Waals surface area contributed by atoms with Crippen LogP contribution in [0, 0.1) is 0 Å². The summed E-state index contributed by atoms with van der Waals surface area (Å²) in [6, 6.07) is 9.08. The molecule has 0 aliphatic carbocycles. The predicted octanol–water partition coefficient (Wildman–Crippen LogP) is 1.51. The fraction of sp³-hybridized carbons (Fsp3) is 0.412. The van der Waals surface area contributed by atoms with Gasteiger partial charge in [-0.3, -0.25) is 4.68 Å². The number of nitrogens with one attached hydrogen (secondary N) is 1. The van der Waals surface area contributed by atoms with Gasteiger partial charge in [-0.25, -0.2) is 4.79 Å². The van der Waals surface area contributed by atoms with Gasteiger partial charge in [0.2, 0.25) is 0 Å². The van der Waals surface area contributed by atoms with Crippen molar-refractivity contribution in [2.24, 2.45) is 0 Å². The molecule has 1 aromatic heterocycles. The average molecular weight is 329 g/mol. The third kappa shape index (κ3) is 4.18. The minimum Gasteiger partial charge on any atom is -0.508 e. The zero-order chi connectivity index (χ0) is 16.8. The van der Waals surface area contributed by atoms with Crippen molar-refractivity contribution in [3.05, 3.63) is 42.7 Å². The van der Waals surface area contributed by atoms with Crippen molar-refractivity contribution in [1.82, 2.24) is 20.0 Å². The summed E-state index contributed by atoms with van der Waals surface area (Å²) in [5.41, 5.74) is 1.08. The van der Waals surface area contributed by atoms with E-state index >= 15 is 0 Å². The molecule has 3 rings (SSSR count). The molecule has 0 atom stereocenters. The van der Waals surface area contributed by atoms with Crippen molar-refractivity contribution in [2.45, 2.75) is 13.0 Å². The van der Waals surface area contributed by atoms with E-state index in [9.17, 15) is 9.90 Å². The van der Waals surface area contributed by atoms with Crippen LogP contribution in [0.15, 0.2) is 42.7 Å². The van der Waals surface area contributed by atoms with Crippen LogP contribution in [0.1, 0.15) is 6.42 Å². The van der Waals surface area contributed by atoms with Crippen LogP contribution in [0.2, 0.25) is 0 Å². The molecule has 0 radical (unpaired) electrons.